The predicted octanol–water partition coefficient (Wildman–Crippen LogP) is 6.11. The van der Waals surface area contributed by atoms with E-state index in [4.69, 9.17) is 23.7 Å². The van der Waals surface area contributed by atoms with Crippen LogP contribution in [0.1, 0.15) is 45.6 Å². The van der Waals surface area contributed by atoms with Crippen molar-refractivity contribution in [3.8, 4) is 16.9 Å². The summed E-state index contributed by atoms with van der Waals surface area (Å²) in [4.78, 5) is 46.5. The number of amides is 3. The second-order valence-corrected chi connectivity index (χ2v) is 13.5. The van der Waals surface area contributed by atoms with E-state index in [1.54, 1.807) is 35.0 Å². The average molecular weight is 688 g/mol. The molecular formula is C39H49N3O8. The third kappa shape index (κ3) is 8.64. The van der Waals surface area contributed by atoms with Gasteiger partial charge < -0.3 is 38.4 Å². The molecule has 2 aliphatic heterocycles. The maximum Gasteiger partial charge on any atom is 0.410 e. The van der Waals surface area contributed by atoms with Crippen LogP contribution in [0.2, 0.25) is 0 Å². The molecule has 1 fully saturated rings. The highest BCUT2D eigenvalue weighted by Crippen LogP contribution is 2.41. The van der Waals surface area contributed by atoms with Crippen LogP contribution in [0.15, 0.2) is 72.8 Å². The Labute approximate surface area is 295 Å². The first kappa shape index (κ1) is 36.8. The Morgan fingerprint density at radius 2 is 1.70 bits per heavy atom. The molecule has 3 aromatic rings. The molecular weight excluding hydrogens is 638 g/mol. The van der Waals surface area contributed by atoms with Crippen LogP contribution in [0.25, 0.3) is 11.1 Å². The number of fused-ring (bicyclic) bond motifs is 1. The number of rotatable bonds is 12. The number of anilines is 2. The molecule has 0 aromatic heterocycles. The Kier molecular flexibility index (Phi) is 12.2. The molecule has 11 heteroatoms. The zero-order chi connectivity index (χ0) is 35.8. The summed E-state index contributed by atoms with van der Waals surface area (Å²) in [5, 5.41) is 0. The molecule has 0 spiro atoms. The molecule has 3 aromatic carbocycles. The number of methoxy groups -OCH3 is 2. The van der Waals surface area contributed by atoms with Crippen LogP contribution in [-0.2, 0) is 28.5 Å². The lowest BCUT2D eigenvalue weighted by Crippen LogP contribution is -2.56. The van der Waals surface area contributed by atoms with E-state index >= 15 is 0 Å². The molecule has 1 unspecified atom stereocenters. The Hall–Kier alpha value is -4.45. The number of piperidine rings is 1. The molecule has 268 valence electrons. The van der Waals surface area contributed by atoms with Crippen molar-refractivity contribution < 1.29 is 38.1 Å². The Bertz CT molecular complexity index is 1630. The summed E-state index contributed by atoms with van der Waals surface area (Å²) in [7, 11) is 3.17. The maximum absolute atomic E-state index is 15.0. The van der Waals surface area contributed by atoms with Gasteiger partial charge in [0.25, 0.3) is 5.91 Å². The van der Waals surface area contributed by atoms with Crippen molar-refractivity contribution in [2.24, 2.45) is 5.92 Å². The molecule has 0 saturated carbocycles. The number of nitrogens with zero attached hydrogens (tertiary/aromatic N) is 3. The SMILES string of the molecule is CCN(C(=O)[C@H]1CN(C(=O)OC(C)(C)C)C[C@@H](OCOC)C1c1cccc(-c2ccccc2)c1)c1ccc2c(c1)N(CCCOC)C(=O)CO2. The van der Waals surface area contributed by atoms with Crippen LogP contribution < -0.4 is 14.5 Å². The van der Waals surface area contributed by atoms with Gasteiger partial charge in [-0.25, -0.2) is 4.79 Å². The van der Waals surface area contributed by atoms with Gasteiger partial charge in [0, 0.05) is 52.1 Å². The van der Waals surface area contributed by atoms with E-state index in [1.165, 1.54) is 0 Å². The molecule has 1 saturated heterocycles. The summed E-state index contributed by atoms with van der Waals surface area (Å²) in [6.45, 7) is 8.93. The van der Waals surface area contributed by atoms with Crippen molar-refractivity contribution in [2.45, 2.75) is 51.7 Å². The van der Waals surface area contributed by atoms with Gasteiger partial charge in [-0.2, -0.15) is 0 Å². The minimum Gasteiger partial charge on any atom is -0.482 e. The van der Waals surface area contributed by atoms with Crippen LogP contribution in [0.4, 0.5) is 16.2 Å². The van der Waals surface area contributed by atoms with Gasteiger partial charge in [0.1, 0.15) is 18.1 Å². The predicted molar refractivity (Wildman–Crippen MR) is 191 cm³/mol. The molecule has 2 aliphatic rings. The third-order valence-electron chi connectivity index (χ3n) is 8.91. The van der Waals surface area contributed by atoms with Crippen LogP contribution in [0.5, 0.6) is 5.75 Å². The molecule has 3 amide bonds. The molecule has 50 heavy (non-hydrogen) atoms. The molecule has 3 atom stereocenters. The second kappa shape index (κ2) is 16.5. The summed E-state index contributed by atoms with van der Waals surface area (Å²) >= 11 is 0. The lowest BCUT2D eigenvalue weighted by Gasteiger charge is -2.44. The smallest absolute Gasteiger partial charge is 0.410 e. The van der Waals surface area contributed by atoms with Gasteiger partial charge in [-0.15, -0.1) is 0 Å². The summed E-state index contributed by atoms with van der Waals surface area (Å²) in [6, 6.07) is 23.7. The highest BCUT2D eigenvalue weighted by molar-refractivity contribution is 6.01. The van der Waals surface area contributed by atoms with Gasteiger partial charge in [-0.3, -0.25) is 9.59 Å². The van der Waals surface area contributed by atoms with Crippen molar-refractivity contribution in [1.82, 2.24) is 4.90 Å². The quantitative estimate of drug-likeness (QED) is 0.166. The van der Waals surface area contributed by atoms with Gasteiger partial charge in [0.2, 0.25) is 5.91 Å². The van der Waals surface area contributed by atoms with E-state index < -0.39 is 29.6 Å². The van der Waals surface area contributed by atoms with E-state index in [2.05, 4.69) is 6.07 Å². The molecule has 0 N–H and O–H groups in total. The van der Waals surface area contributed by atoms with Crippen molar-refractivity contribution >= 4 is 29.3 Å². The number of ether oxygens (including phenoxy) is 5. The third-order valence-corrected chi connectivity index (χ3v) is 8.91. The normalized spacial score (nSPS) is 19.1. The number of likely N-dealkylation sites (tertiary alicyclic amines) is 1. The monoisotopic (exact) mass is 687 g/mol. The first-order valence-corrected chi connectivity index (χ1v) is 17.2. The average Bonchev–Trinajstić information content (AvgIpc) is 3.11. The summed E-state index contributed by atoms with van der Waals surface area (Å²) in [5.74, 6) is -0.905. The fourth-order valence-corrected chi connectivity index (χ4v) is 6.67. The first-order chi connectivity index (χ1) is 24.0. The molecule has 2 heterocycles. The number of hydrogen-bond acceptors (Lipinski definition) is 8. The molecule has 0 radical (unpaired) electrons. The van der Waals surface area contributed by atoms with Gasteiger partial charge >= 0.3 is 6.09 Å². The first-order valence-electron chi connectivity index (χ1n) is 17.2. The van der Waals surface area contributed by atoms with Crippen molar-refractivity contribution in [2.75, 3.05) is 70.2 Å². The maximum atomic E-state index is 15.0. The van der Waals surface area contributed by atoms with Gasteiger partial charge in [-0.1, -0.05) is 54.6 Å². The minimum absolute atomic E-state index is 0.0160. The van der Waals surface area contributed by atoms with E-state index in [-0.39, 0.29) is 38.3 Å². The van der Waals surface area contributed by atoms with Crippen LogP contribution in [0, 0.1) is 5.92 Å². The van der Waals surface area contributed by atoms with E-state index in [9.17, 15) is 14.4 Å². The van der Waals surface area contributed by atoms with Crippen molar-refractivity contribution in [3.05, 3.63) is 78.4 Å². The zero-order valence-electron chi connectivity index (χ0n) is 29.9. The lowest BCUT2D eigenvalue weighted by atomic mass is 9.77. The van der Waals surface area contributed by atoms with E-state index in [0.717, 1.165) is 16.7 Å². The fourth-order valence-electron chi connectivity index (χ4n) is 6.67. The highest BCUT2D eigenvalue weighted by Gasteiger charge is 2.46. The zero-order valence-corrected chi connectivity index (χ0v) is 29.9. The molecule has 0 bridgehead atoms. The molecule has 11 nitrogen and oxygen atoms in total. The number of carbonyl (C=O) groups is 3. The Morgan fingerprint density at radius 3 is 2.40 bits per heavy atom. The number of benzene rings is 3. The summed E-state index contributed by atoms with van der Waals surface area (Å²) < 4.78 is 28.4. The lowest BCUT2D eigenvalue weighted by molar-refractivity contribution is -0.135. The van der Waals surface area contributed by atoms with Crippen molar-refractivity contribution in [1.29, 1.82) is 0 Å². The second-order valence-electron chi connectivity index (χ2n) is 13.5. The summed E-state index contributed by atoms with van der Waals surface area (Å²) in [5.41, 5.74) is 3.47. The molecule has 5 rings (SSSR count). The van der Waals surface area contributed by atoms with E-state index in [1.807, 2.05) is 88.4 Å². The summed E-state index contributed by atoms with van der Waals surface area (Å²) in [6.07, 6.45) is -0.449. The standard InChI is InChI=1S/C39H49N3O8/c1-7-41(30-17-18-33-32(22-30)42(19-12-20-46-5)35(43)25-48-33)37(44)31-23-40(38(45)50-39(2,3)4)24-34(49-26-47-6)36(31)29-16-11-15-28(21-29)27-13-9-8-10-14-27/h8-11,13-18,21-22,31,34,36H,7,12,19-20,23-26H2,1-6H3/t31-,34+,36?/m0/s1. The van der Waals surface area contributed by atoms with E-state index in [0.29, 0.717) is 43.2 Å². The van der Waals surface area contributed by atoms with Gasteiger partial charge in [-0.05, 0) is 69.0 Å². The van der Waals surface area contributed by atoms with Gasteiger partial charge in [0.15, 0.2) is 6.61 Å². The van der Waals surface area contributed by atoms with Crippen LogP contribution in [0.3, 0.4) is 0 Å². The highest BCUT2D eigenvalue weighted by atomic mass is 16.7. The van der Waals surface area contributed by atoms with Crippen LogP contribution >= 0.6 is 0 Å². The fraction of sp³-hybridized carbons (Fsp3) is 0.462. The largest absolute Gasteiger partial charge is 0.482 e. The van der Waals surface area contributed by atoms with Crippen LogP contribution in [-0.4, -0.2) is 94.9 Å². The topological polar surface area (TPSA) is 107 Å². The number of hydrogen-bond donors (Lipinski definition) is 0. The number of carbonyl (C=O) groups excluding carboxylic acids is 3. The Balaban J connectivity index is 1.56. The minimum atomic E-state index is -0.729. The van der Waals surface area contributed by atoms with Gasteiger partial charge in [0.05, 0.1) is 24.3 Å². The Morgan fingerprint density at radius 1 is 0.940 bits per heavy atom. The van der Waals surface area contributed by atoms with Crippen molar-refractivity contribution in [3.63, 3.8) is 0 Å². The molecule has 0 aliphatic carbocycles.